The minimum absolute atomic E-state index is 0.237. The molecule has 2 nitrogen and oxygen atoms in total. The first-order valence-electron chi connectivity index (χ1n) is 3.75. The fraction of sp³-hybridized carbons (Fsp3) is 0.100. The smallest absolute Gasteiger partial charge is 0.0672 e. The van der Waals surface area contributed by atoms with E-state index in [1.807, 2.05) is 24.3 Å². The zero-order valence-corrected chi connectivity index (χ0v) is 9.24. The van der Waals surface area contributed by atoms with E-state index in [0.717, 1.165) is 9.13 Å². The molecule has 0 saturated carbocycles. The third-order valence-electron chi connectivity index (χ3n) is 1.58. The van der Waals surface area contributed by atoms with Crippen LogP contribution < -0.4 is 5.11 Å². The largest absolute Gasteiger partial charge is 0.545 e. The Morgan fingerprint density at radius 3 is 2.38 bits per heavy atom. The first-order valence-corrected chi connectivity index (χ1v) is 4.82. The number of carboxylic acid groups (broad SMARTS) is 1. The van der Waals surface area contributed by atoms with Crippen molar-refractivity contribution in [2.75, 3.05) is 0 Å². The Morgan fingerprint density at radius 2 is 1.92 bits per heavy atom. The number of benzene rings is 1. The average molecular weight is 287 g/mol. The molecule has 0 radical (unpaired) electrons. The average Bonchev–Trinajstić information content (AvgIpc) is 2.08. The Hall–Kier alpha value is -0.840. The summed E-state index contributed by atoms with van der Waals surface area (Å²) in [5.41, 5.74) is 1.11. The number of rotatable bonds is 2. The Kier molecular flexibility index (Phi) is 3.48. The Morgan fingerprint density at radius 1 is 1.38 bits per heavy atom. The van der Waals surface area contributed by atoms with Gasteiger partial charge in [0.15, 0.2) is 0 Å². The maximum absolute atomic E-state index is 10.4. The van der Waals surface area contributed by atoms with E-state index in [0.29, 0.717) is 0 Å². The minimum Gasteiger partial charge on any atom is -0.545 e. The molecule has 68 valence electrons. The van der Waals surface area contributed by atoms with E-state index in [-0.39, 0.29) is 5.57 Å². The topological polar surface area (TPSA) is 40.1 Å². The molecule has 3 heteroatoms. The molecule has 0 aromatic heterocycles. The zero-order valence-electron chi connectivity index (χ0n) is 7.08. The third kappa shape index (κ3) is 3.18. The van der Waals surface area contributed by atoms with Crippen LogP contribution in [-0.2, 0) is 4.79 Å². The molecule has 0 saturated heterocycles. The van der Waals surface area contributed by atoms with Gasteiger partial charge in [-0.1, -0.05) is 18.2 Å². The van der Waals surface area contributed by atoms with E-state index >= 15 is 0 Å². The van der Waals surface area contributed by atoms with Crippen LogP contribution in [0.15, 0.2) is 29.8 Å². The molecule has 1 aromatic rings. The van der Waals surface area contributed by atoms with Crippen LogP contribution in [0.1, 0.15) is 12.5 Å². The lowest BCUT2D eigenvalue weighted by Crippen LogP contribution is -2.22. The molecule has 13 heavy (non-hydrogen) atoms. The highest BCUT2D eigenvalue weighted by Gasteiger charge is 1.91. The van der Waals surface area contributed by atoms with Crippen LogP contribution in [0.3, 0.4) is 0 Å². The van der Waals surface area contributed by atoms with Crippen LogP contribution in [0.25, 0.3) is 6.08 Å². The highest BCUT2D eigenvalue weighted by molar-refractivity contribution is 14.1. The summed E-state index contributed by atoms with van der Waals surface area (Å²) in [7, 11) is 0. The second-order valence-corrected chi connectivity index (χ2v) is 3.91. The van der Waals surface area contributed by atoms with E-state index < -0.39 is 5.97 Å². The summed E-state index contributed by atoms with van der Waals surface area (Å²) >= 11 is 2.19. The predicted molar refractivity (Wildman–Crippen MR) is 57.8 cm³/mol. The van der Waals surface area contributed by atoms with Gasteiger partial charge < -0.3 is 9.90 Å². The van der Waals surface area contributed by atoms with Gasteiger partial charge in [0.05, 0.1) is 5.97 Å². The Balaban J connectivity index is 2.92. The summed E-state index contributed by atoms with van der Waals surface area (Å²) in [5.74, 6) is -1.13. The lowest BCUT2D eigenvalue weighted by Gasteiger charge is -2.01. The molecule has 0 fully saturated rings. The van der Waals surface area contributed by atoms with E-state index in [9.17, 15) is 9.90 Å². The molecule has 0 aliphatic carbocycles. The molecule has 0 aliphatic heterocycles. The second-order valence-electron chi connectivity index (χ2n) is 2.67. The number of carbonyl (C=O) groups is 1. The minimum atomic E-state index is -1.13. The molecular formula is C10H8IO2-. The Bertz CT molecular complexity index is 338. The number of aliphatic carboxylic acids is 1. The lowest BCUT2D eigenvalue weighted by molar-refractivity contribution is -0.299. The quantitative estimate of drug-likeness (QED) is 0.610. The van der Waals surface area contributed by atoms with Crippen molar-refractivity contribution in [2.24, 2.45) is 0 Å². The molecule has 0 heterocycles. The van der Waals surface area contributed by atoms with Crippen molar-refractivity contribution in [1.82, 2.24) is 0 Å². The van der Waals surface area contributed by atoms with Crippen LogP contribution in [0.2, 0.25) is 0 Å². The van der Waals surface area contributed by atoms with Gasteiger partial charge in [-0.15, -0.1) is 0 Å². The van der Waals surface area contributed by atoms with Gasteiger partial charge in [0.2, 0.25) is 0 Å². The molecule has 1 aromatic carbocycles. The van der Waals surface area contributed by atoms with Crippen molar-refractivity contribution in [3.63, 3.8) is 0 Å². The van der Waals surface area contributed by atoms with Crippen LogP contribution in [0.4, 0.5) is 0 Å². The van der Waals surface area contributed by atoms with Crippen molar-refractivity contribution in [1.29, 1.82) is 0 Å². The standard InChI is InChI=1S/C10H9IO2/c1-7(10(12)13)6-8-2-4-9(11)5-3-8/h2-6H,1H3,(H,12,13)/p-1/b7-6+. The van der Waals surface area contributed by atoms with Crippen LogP contribution in [0, 0.1) is 3.57 Å². The summed E-state index contributed by atoms with van der Waals surface area (Å²) in [6.45, 7) is 1.52. The van der Waals surface area contributed by atoms with Gasteiger partial charge in [0.1, 0.15) is 0 Å². The van der Waals surface area contributed by atoms with Gasteiger partial charge in [-0.05, 0) is 52.8 Å². The normalized spacial score (nSPS) is 11.4. The number of halogens is 1. The first kappa shape index (κ1) is 10.2. The first-order chi connectivity index (χ1) is 6.09. The molecule has 0 atom stereocenters. The molecule has 0 bridgehead atoms. The summed E-state index contributed by atoms with van der Waals surface area (Å²) in [4.78, 5) is 10.4. The van der Waals surface area contributed by atoms with Gasteiger partial charge in [0.25, 0.3) is 0 Å². The van der Waals surface area contributed by atoms with E-state index in [2.05, 4.69) is 22.6 Å². The highest BCUT2D eigenvalue weighted by atomic mass is 127. The maximum atomic E-state index is 10.4. The number of hydrogen-bond donors (Lipinski definition) is 0. The second kappa shape index (κ2) is 4.41. The summed E-state index contributed by atoms with van der Waals surface area (Å²) in [6.07, 6.45) is 1.59. The number of carbonyl (C=O) groups excluding carboxylic acids is 1. The maximum Gasteiger partial charge on any atom is 0.0672 e. The van der Waals surface area contributed by atoms with Crippen LogP contribution in [-0.4, -0.2) is 5.97 Å². The molecule has 0 unspecified atom stereocenters. The van der Waals surface area contributed by atoms with E-state index in [1.165, 1.54) is 6.92 Å². The molecule has 0 amide bonds. The monoisotopic (exact) mass is 287 g/mol. The number of carboxylic acids is 1. The van der Waals surface area contributed by atoms with E-state index in [1.54, 1.807) is 6.08 Å². The van der Waals surface area contributed by atoms with E-state index in [4.69, 9.17) is 0 Å². The zero-order chi connectivity index (χ0) is 9.84. The molecule has 0 N–H and O–H groups in total. The molecular weight excluding hydrogens is 279 g/mol. The SMILES string of the molecule is C/C(=C\c1ccc(I)cc1)C(=O)[O-]. The third-order valence-corrected chi connectivity index (χ3v) is 2.29. The molecule has 1 rings (SSSR count). The summed E-state index contributed by atoms with van der Waals surface area (Å²) in [5, 5.41) is 10.4. The van der Waals surface area contributed by atoms with Crippen molar-refractivity contribution in [3.05, 3.63) is 39.0 Å². The van der Waals surface area contributed by atoms with Crippen LogP contribution in [0.5, 0.6) is 0 Å². The fourth-order valence-corrected chi connectivity index (χ4v) is 1.23. The van der Waals surface area contributed by atoms with Crippen molar-refractivity contribution < 1.29 is 9.90 Å². The predicted octanol–water partition coefficient (Wildman–Crippen LogP) is 1.44. The van der Waals surface area contributed by atoms with Gasteiger partial charge >= 0.3 is 0 Å². The lowest BCUT2D eigenvalue weighted by atomic mass is 10.1. The van der Waals surface area contributed by atoms with Crippen LogP contribution >= 0.6 is 22.6 Å². The molecule has 0 aliphatic rings. The van der Waals surface area contributed by atoms with Crippen molar-refractivity contribution in [3.8, 4) is 0 Å². The Labute approximate surface area is 90.4 Å². The van der Waals surface area contributed by atoms with Gasteiger partial charge in [-0.25, -0.2) is 0 Å². The molecule has 0 spiro atoms. The fourth-order valence-electron chi connectivity index (χ4n) is 0.868. The van der Waals surface area contributed by atoms with Crippen molar-refractivity contribution in [2.45, 2.75) is 6.92 Å². The van der Waals surface area contributed by atoms with Gasteiger partial charge in [-0.2, -0.15) is 0 Å². The van der Waals surface area contributed by atoms with Gasteiger partial charge in [0, 0.05) is 3.57 Å². The number of hydrogen-bond acceptors (Lipinski definition) is 2. The highest BCUT2D eigenvalue weighted by Crippen LogP contribution is 2.09. The van der Waals surface area contributed by atoms with Gasteiger partial charge in [-0.3, -0.25) is 0 Å². The summed E-state index contributed by atoms with van der Waals surface area (Å²) in [6, 6.07) is 7.59. The summed E-state index contributed by atoms with van der Waals surface area (Å²) < 4.78 is 1.13. The van der Waals surface area contributed by atoms with Crippen molar-refractivity contribution >= 4 is 34.6 Å².